The van der Waals surface area contributed by atoms with Gasteiger partial charge in [0.05, 0.1) is 17.2 Å². The first-order valence-electron chi connectivity index (χ1n) is 8.35. The fourth-order valence-electron chi connectivity index (χ4n) is 3.72. The summed E-state index contributed by atoms with van der Waals surface area (Å²) in [7, 11) is 0. The summed E-state index contributed by atoms with van der Waals surface area (Å²) in [6, 6.07) is 8.05. The van der Waals surface area contributed by atoms with Crippen molar-refractivity contribution in [2.45, 2.75) is 18.9 Å². The summed E-state index contributed by atoms with van der Waals surface area (Å²) >= 11 is 0. The van der Waals surface area contributed by atoms with Crippen LogP contribution in [0, 0.1) is 10.1 Å². The highest BCUT2D eigenvalue weighted by molar-refractivity contribution is 6.23. The molecule has 1 fully saturated rings. The molecule has 1 unspecified atom stereocenters. The molecule has 2 aliphatic heterocycles. The number of fused-ring (bicyclic) bond motifs is 1. The predicted molar refractivity (Wildman–Crippen MR) is 91.4 cm³/mol. The number of nitrogens with zero attached hydrogens (tertiary/aromatic N) is 4. The molecule has 1 atom stereocenters. The maximum absolute atomic E-state index is 12.7. The maximum Gasteiger partial charge on any atom is 0.282 e. The number of amides is 2. The van der Waals surface area contributed by atoms with Gasteiger partial charge in [0.1, 0.15) is 5.56 Å². The number of hydrogen-bond donors (Lipinski definition) is 0. The third kappa shape index (κ3) is 2.55. The second kappa shape index (κ2) is 6.30. The number of carbonyl (C=O) groups is 2. The molecular weight excluding hydrogens is 336 g/mol. The van der Waals surface area contributed by atoms with Crippen molar-refractivity contribution in [2.24, 2.45) is 0 Å². The van der Waals surface area contributed by atoms with Crippen LogP contribution in [0.4, 0.5) is 5.69 Å². The first-order chi connectivity index (χ1) is 12.6. The van der Waals surface area contributed by atoms with E-state index in [1.807, 2.05) is 17.0 Å². The fourth-order valence-corrected chi connectivity index (χ4v) is 3.72. The van der Waals surface area contributed by atoms with Crippen LogP contribution in [-0.4, -0.2) is 44.7 Å². The summed E-state index contributed by atoms with van der Waals surface area (Å²) < 4.78 is 0. The van der Waals surface area contributed by atoms with E-state index in [1.54, 1.807) is 12.4 Å². The molecule has 4 rings (SSSR count). The van der Waals surface area contributed by atoms with Crippen LogP contribution in [0.5, 0.6) is 0 Å². The summed E-state index contributed by atoms with van der Waals surface area (Å²) in [6.07, 6.45) is 5.35. The van der Waals surface area contributed by atoms with Crippen molar-refractivity contribution in [2.75, 3.05) is 13.2 Å². The quantitative estimate of drug-likeness (QED) is 0.476. The van der Waals surface area contributed by atoms with Gasteiger partial charge < -0.3 is 0 Å². The lowest BCUT2D eigenvalue weighted by molar-refractivity contribution is -0.385. The second-order valence-electron chi connectivity index (χ2n) is 6.39. The van der Waals surface area contributed by atoms with Crippen molar-refractivity contribution < 1.29 is 14.5 Å². The molecule has 0 aliphatic carbocycles. The minimum Gasteiger partial charge on any atom is -0.278 e. The van der Waals surface area contributed by atoms with Crippen LogP contribution < -0.4 is 0 Å². The number of nitro benzene ring substituents is 1. The first-order valence-corrected chi connectivity index (χ1v) is 8.35. The number of carbonyl (C=O) groups excluding carboxylic acids is 2. The SMILES string of the molecule is O=C1c2cccc([N+](=O)[O-])c2C(=O)N1CN1CCCC1c1cccnc1. The number of imide groups is 1. The number of nitro groups is 1. The van der Waals surface area contributed by atoms with E-state index in [0.29, 0.717) is 0 Å². The largest absolute Gasteiger partial charge is 0.282 e. The van der Waals surface area contributed by atoms with E-state index in [2.05, 4.69) is 4.98 Å². The Bertz CT molecular complexity index is 899. The van der Waals surface area contributed by atoms with Crippen LogP contribution in [0.25, 0.3) is 0 Å². The molecule has 1 saturated heterocycles. The Balaban J connectivity index is 1.62. The van der Waals surface area contributed by atoms with Crippen molar-refractivity contribution in [3.63, 3.8) is 0 Å². The molecule has 132 valence electrons. The molecule has 3 heterocycles. The topological polar surface area (TPSA) is 96.6 Å². The number of hydrogen-bond acceptors (Lipinski definition) is 6. The Morgan fingerprint density at radius 1 is 1.19 bits per heavy atom. The van der Waals surface area contributed by atoms with Crippen LogP contribution in [0.3, 0.4) is 0 Å². The van der Waals surface area contributed by atoms with E-state index in [1.165, 1.54) is 18.2 Å². The van der Waals surface area contributed by atoms with Gasteiger partial charge in [-0.2, -0.15) is 0 Å². The summed E-state index contributed by atoms with van der Waals surface area (Å²) in [4.78, 5) is 43.3. The van der Waals surface area contributed by atoms with E-state index in [9.17, 15) is 19.7 Å². The number of benzene rings is 1. The minimum atomic E-state index is -0.623. The molecule has 0 bridgehead atoms. The lowest BCUT2D eigenvalue weighted by Crippen LogP contribution is -2.41. The Labute approximate surface area is 149 Å². The van der Waals surface area contributed by atoms with Gasteiger partial charge in [0.25, 0.3) is 17.5 Å². The molecular formula is C18H16N4O4. The van der Waals surface area contributed by atoms with Gasteiger partial charge in [0.2, 0.25) is 0 Å². The molecule has 8 nitrogen and oxygen atoms in total. The van der Waals surface area contributed by atoms with Crippen molar-refractivity contribution in [3.8, 4) is 0 Å². The zero-order valence-electron chi connectivity index (χ0n) is 13.9. The Hall–Kier alpha value is -3.13. The molecule has 0 N–H and O–H groups in total. The van der Waals surface area contributed by atoms with Gasteiger partial charge in [-0.1, -0.05) is 12.1 Å². The third-order valence-corrected chi connectivity index (χ3v) is 4.93. The second-order valence-corrected chi connectivity index (χ2v) is 6.39. The molecule has 2 amide bonds. The fraction of sp³-hybridized carbons (Fsp3) is 0.278. The van der Waals surface area contributed by atoms with Crippen LogP contribution >= 0.6 is 0 Å². The average molecular weight is 352 g/mol. The predicted octanol–water partition coefficient (Wildman–Crippen LogP) is 2.38. The highest BCUT2D eigenvalue weighted by Crippen LogP contribution is 2.35. The molecule has 8 heteroatoms. The highest BCUT2D eigenvalue weighted by atomic mass is 16.6. The number of pyridine rings is 1. The lowest BCUT2D eigenvalue weighted by atomic mass is 10.1. The van der Waals surface area contributed by atoms with Gasteiger partial charge in [0, 0.05) is 31.0 Å². The molecule has 26 heavy (non-hydrogen) atoms. The van der Waals surface area contributed by atoms with Crippen molar-refractivity contribution in [1.29, 1.82) is 0 Å². The van der Waals surface area contributed by atoms with E-state index in [-0.39, 0.29) is 29.5 Å². The zero-order valence-corrected chi connectivity index (χ0v) is 13.9. The molecule has 2 aliphatic rings. The summed E-state index contributed by atoms with van der Waals surface area (Å²) in [5.41, 5.74) is 0.696. The number of rotatable bonds is 4. The number of aromatic nitrogens is 1. The monoisotopic (exact) mass is 352 g/mol. The van der Waals surface area contributed by atoms with Crippen LogP contribution in [0.2, 0.25) is 0 Å². The van der Waals surface area contributed by atoms with Gasteiger partial charge in [0.15, 0.2) is 0 Å². The molecule has 0 saturated carbocycles. The first kappa shape index (κ1) is 16.3. The summed E-state index contributed by atoms with van der Waals surface area (Å²) in [6.45, 7) is 0.859. The van der Waals surface area contributed by atoms with Crippen LogP contribution in [0.1, 0.15) is 45.2 Å². The Morgan fingerprint density at radius 2 is 2.04 bits per heavy atom. The smallest absolute Gasteiger partial charge is 0.278 e. The maximum atomic E-state index is 12.7. The molecule has 2 aromatic rings. The van der Waals surface area contributed by atoms with Gasteiger partial charge >= 0.3 is 0 Å². The normalized spacial score (nSPS) is 19.8. The molecule has 1 aromatic heterocycles. The van der Waals surface area contributed by atoms with Gasteiger partial charge in [-0.25, -0.2) is 0 Å². The van der Waals surface area contributed by atoms with E-state index >= 15 is 0 Å². The highest BCUT2D eigenvalue weighted by Gasteiger charge is 2.42. The van der Waals surface area contributed by atoms with Crippen molar-refractivity contribution in [1.82, 2.24) is 14.8 Å². The van der Waals surface area contributed by atoms with E-state index < -0.39 is 16.7 Å². The van der Waals surface area contributed by atoms with E-state index in [4.69, 9.17) is 0 Å². The summed E-state index contributed by atoms with van der Waals surface area (Å²) in [5.74, 6) is -1.08. The summed E-state index contributed by atoms with van der Waals surface area (Å²) in [5, 5.41) is 11.2. The Morgan fingerprint density at radius 3 is 2.77 bits per heavy atom. The van der Waals surface area contributed by atoms with Crippen LogP contribution in [-0.2, 0) is 0 Å². The van der Waals surface area contributed by atoms with E-state index in [0.717, 1.165) is 29.8 Å². The molecule has 1 aromatic carbocycles. The van der Waals surface area contributed by atoms with Gasteiger partial charge in [-0.3, -0.25) is 34.5 Å². The number of likely N-dealkylation sites (tertiary alicyclic amines) is 1. The van der Waals surface area contributed by atoms with Crippen LogP contribution in [0.15, 0.2) is 42.7 Å². The minimum absolute atomic E-state index is 0.0722. The van der Waals surface area contributed by atoms with Crippen molar-refractivity contribution >= 4 is 17.5 Å². The van der Waals surface area contributed by atoms with Crippen molar-refractivity contribution in [3.05, 3.63) is 69.5 Å². The lowest BCUT2D eigenvalue weighted by Gasteiger charge is -2.28. The zero-order chi connectivity index (χ0) is 18.3. The molecule has 0 radical (unpaired) electrons. The third-order valence-electron chi connectivity index (χ3n) is 4.93. The Kier molecular flexibility index (Phi) is 3.96. The standard InChI is InChI=1S/C18H16N4O4/c23-17-13-5-1-6-15(22(25)26)16(13)18(24)21(17)11-20-9-3-7-14(20)12-4-2-8-19-10-12/h1-2,4-6,8,10,14H,3,7,9,11H2. The van der Waals surface area contributed by atoms with Gasteiger partial charge in [-0.15, -0.1) is 0 Å². The average Bonchev–Trinajstić information content (AvgIpc) is 3.21. The van der Waals surface area contributed by atoms with Gasteiger partial charge in [-0.05, 0) is 30.5 Å². The molecule has 0 spiro atoms.